The fourth-order valence-electron chi connectivity index (χ4n) is 13.5. The Morgan fingerprint density at radius 2 is 0.943 bits per heavy atom. The minimum atomic E-state index is -3.89. The third-order valence-corrected chi connectivity index (χ3v) is 19.9. The molecule has 9 aromatic rings. The molecular weight excluding hydrogens is 1330 g/mol. The first kappa shape index (κ1) is 58.6. The van der Waals surface area contributed by atoms with Crippen molar-refractivity contribution in [2.75, 3.05) is 27.6 Å². The van der Waals surface area contributed by atoms with Crippen molar-refractivity contribution in [3.8, 4) is 34.2 Å². The number of benzene rings is 3. The van der Waals surface area contributed by atoms with Gasteiger partial charge in [-0.3, -0.25) is 18.2 Å². The monoisotopic (exact) mass is 1390 g/mol. The lowest BCUT2D eigenvalue weighted by Gasteiger charge is -2.36. The molecule has 22 nitrogen and oxygen atoms in total. The second-order valence-electron chi connectivity index (χ2n) is 22.8. The lowest BCUT2D eigenvalue weighted by atomic mass is 9.75. The number of esters is 3. The molecule has 0 spiro atoms. The van der Waals surface area contributed by atoms with Crippen molar-refractivity contribution >= 4 is 75.8 Å². The molecule has 6 aromatic heterocycles. The summed E-state index contributed by atoms with van der Waals surface area (Å²) in [7, 11) is 5.49. The van der Waals surface area contributed by atoms with Gasteiger partial charge in [0.2, 0.25) is 0 Å². The van der Waals surface area contributed by atoms with Gasteiger partial charge in [-0.25, -0.2) is 29.3 Å². The van der Waals surface area contributed by atoms with Crippen LogP contribution in [0.15, 0.2) is 105 Å². The number of aliphatic hydroxyl groups is 1. The fraction of sp³-hybridized carbons (Fsp3) is 0.361. The maximum absolute atomic E-state index is 12.8. The summed E-state index contributed by atoms with van der Waals surface area (Å²) in [5.74, 6) is 1.99. The standard InChI is InChI=1S/C21H21BrN4O5S.C20H19BrN4O3.C20H19BrN4O2/c1-25-16(6-7-23-25)19(31-32(3,28)29)18-17(21(27)30-2)24-20-15-10-12(22)4-5-14(15)11-8-13(9-11)26(18)20;1-24-15(5-6-22-24)18(26)17-16(20(27)28-2)23-19-14-9-11(21)3-4-13(14)10-7-12(8-10)25(17)19;1-24-13(5-6-22-24)10-17-18(20(26)27-2)23-19-16-9-12(21)3-4-15(16)11-7-14(8-11)25(17)19/h4-7,10-11,13,19H,8-9H2,1-3H3;3-6,9-10,12,18,26H,7-8H2,1-2H3;3-6,9,11,14H,7-8,10H2,1-2H3. The van der Waals surface area contributed by atoms with Crippen molar-refractivity contribution in [3.05, 3.63) is 173 Å². The van der Waals surface area contributed by atoms with Crippen LogP contribution in [0.2, 0.25) is 0 Å². The molecule has 3 aromatic carbocycles. The van der Waals surface area contributed by atoms with E-state index < -0.39 is 34.3 Å². The molecule has 6 aliphatic heterocycles. The van der Waals surface area contributed by atoms with Gasteiger partial charge in [-0.1, -0.05) is 66.0 Å². The van der Waals surface area contributed by atoms with E-state index in [0.717, 1.165) is 97.7 Å². The molecule has 0 amide bonds. The van der Waals surface area contributed by atoms with E-state index in [1.807, 2.05) is 51.2 Å². The Labute approximate surface area is 525 Å². The number of aliphatic hydroxyl groups excluding tert-OH is 1. The van der Waals surface area contributed by atoms with E-state index in [1.165, 1.54) is 37.1 Å². The van der Waals surface area contributed by atoms with Gasteiger partial charge in [0, 0.05) is 100 Å². The Morgan fingerprint density at radius 3 is 1.37 bits per heavy atom. The van der Waals surface area contributed by atoms with E-state index in [2.05, 4.69) is 103 Å². The number of aryl methyl sites for hydroxylation is 3. The van der Waals surface area contributed by atoms with Gasteiger partial charge in [0.15, 0.2) is 23.2 Å². The smallest absolute Gasteiger partial charge is 0.358 e. The van der Waals surface area contributed by atoms with Gasteiger partial charge in [-0.2, -0.15) is 23.7 Å². The van der Waals surface area contributed by atoms with E-state index in [-0.39, 0.29) is 29.4 Å². The van der Waals surface area contributed by atoms with E-state index in [1.54, 1.807) is 49.5 Å². The number of methoxy groups -OCH3 is 3. The van der Waals surface area contributed by atoms with Gasteiger partial charge >= 0.3 is 17.9 Å². The topological polar surface area (TPSA) is 249 Å². The number of hydrogen-bond acceptors (Lipinski definition) is 16. The number of carbonyl (C=O) groups is 3. The number of aromatic nitrogens is 12. The molecule has 3 fully saturated rings. The van der Waals surface area contributed by atoms with Crippen LogP contribution in [0.1, 0.15) is 169 Å². The lowest BCUT2D eigenvalue weighted by molar-refractivity contribution is 0.0579. The molecule has 2 unspecified atom stereocenters. The summed E-state index contributed by atoms with van der Waals surface area (Å²) < 4.78 is 59.2. The number of ether oxygens (including phenoxy) is 3. The third kappa shape index (κ3) is 10.2. The molecule has 26 heteroatoms. The SMILES string of the molecule is COC(=O)c1nc2n(c1C(O)c1ccnn1C)C1CC(C1)c1ccc(Br)cc1-2.COC(=O)c1nc2n(c1C(OS(C)(=O)=O)c1ccnn1C)C1CC(C1)c1ccc(Br)cc1-2.COC(=O)c1nc2n(c1Cc1ccnn1C)C1CC(C1)c1ccc(Br)cc1-2. The molecule has 450 valence electrons. The highest BCUT2D eigenvalue weighted by Crippen LogP contribution is 2.57. The number of nitrogens with zero attached hydrogens (tertiary/aromatic N) is 12. The van der Waals surface area contributed by atoms with Crippen LogP contribution in [0.4, 0.5) is 0 Å². The van der Waals surface area contributed by atoms with Gasteiger partial charge in [0.25, 0.3) is 10.1 Å². The second kappa shape index (κ2) is 22.7. The maximum Gasteiger partial charge on any atom is 0.358 e. The normalized spacial score (nSPS) is 20.1. The van der Waals surface area contributed by atoms with Crippen LogP contribution in [-0.2, 0) is 56.1 Å². The molecule has 18 rings (SSSR count). The first-order chi connectivity index (χ1) is 41.7. The fourth-order valence-corrected chi connectivity index (χ4v) is 15.1. The lowest BCUT2D eigenvalue weighted by Crippen LogP contribution is -2.28. The zero-order valence-corrected chi connectivity index (χ0v) is 53.8. The Balaban J connectivity index is 0.000000121. The van der Waals surface area contributed by atoms with Crippen molar-refractivity contribution in [1.82, 2.24) is 58.0 Å². The summed E-state index contributed by atoms with van der Waals surface area (Å²) in [6, 6.07) is 24.6. The predicted molar refractivity (Wildman–Crippen MR) is 327 cm³/mol. The third-order valence-electron chi connectivity index (χ3n) is 17.9. The summed E-state index contributed by atoms with van der Waals surface area (Å²) in [5, 5.41) is 23.8. The van der Waals surface area contributed by atoms with Gasteiger partial charge < -0.3 is 33.0 Å². The van der Waals surface area contributed by atoms with Crippen LogP contribution in [0, 0.1) is 0 Å². The Hall–Kier alpha value is -7.36. The molecule has 0 radical (unpaired) electrons. The predicted octanol–water partition coefficient (Wildman–Crippen LogP) is 10.5. The molecule has 3 aliphatic carbocycles. The molecule has 1 N–H and O–H groups in total. The highest BCUT2D eigenvalue weighted by molar-refractivity contribution is 9.11. The highest BCUT2D eigenvalue weighted by atomic mass is 79.9. The van der Waals surface area contributed by atoms with E-state index in [0.29, 0.717) is 70.3 Å². The van der Waals surface area contributed by atoms with Crippen molar-refractivity contribution in [2.45, 2.75) is 93.0 Å². The molecule has 0 saturated heterocycles. The van der Waals surface area contributed by atoms with E-state index in [9.17, 15) is 27.9 Å². The quantitative estimate of drug-likeness (QED) is 0.0718. The first-order valence-corrected chi connectivity index (χ1v) is 32.4. The van der Waals surface area contributed by atoms with E-state index >= 15 is 0 Å². The molecule has 87 heavy (non-hydrogen) atoms. The summed E-state index contributed by atoms with van der Waals surface area (Å²) in [4.78, 5) is 52.1. The van der Waals surface area contributed by atoms with Crippen LogP contribution in [-0.4, -0.2) is 117 Å². The minimum absolute atomic E-state index is 0.0358. The number of carbonyl (C=O) groups excluding carboxylic acids is 3. The average molecular weight is 1390 g/mol. The van der Waals surface area contributed by atoms with Crippen molar-refractivity contribution < 1.29 is 46.3 Å². The van der Waals surface area contributed by atoms with Gasteiger partial charge in [0.05, 0.1) is 56.1 Å². The van der Waals surface area contributed by atoms with Gasteiger partial charge in [0.1, 0.15) is 23.6 Å². The highest BCUT2D eigenvalue weighted by Gasteiger charge is 2.47. The van der Waals surface area contributed by atoms with Crippen LogP contribution in [0.3, 0.4) is 0 Å². The Morgan fingerprint density at radius 1 is 0.552 bits per heavy atom. The second-order valence-corrected chi connectivity index (χ2v) is 27.1. The number of hydrogen-bond donors (Lipinski definition) is 1. The van der Waals surface area contributed by atoms with Gasteiger partial charge in [-0.05, 0) is 128 Å². The first-order valence-electron chi connectivity index (χ1n) is 28.2. The Bertz CT molecular complexity index is 4370. The van der Waals surface area contributed by atoms with Crippen molar-refractivity contribution in [3.63, 3.8) is 0 Å². The number of rotatable bonds is 11. The zero-order chi connectivity index (χ0) is 61.1. The van der Waals surface area contributed by atoms with Crippen LogP contribution >= 0.6 is 47.8 Å². The van der Waals surface area contributed by atoms with Crippen LogP contribution < -0.4 is 0 Å². The Kier molecular flexibility index (Phi) is 15.3. The molecule has 3 saturated carbocycles. The molecular formula is C61H59Br3N12O10S. The molecule has 2 atom stereocenters. The summed E-state index contributed by atoms with van der Waals surface area (Å²) >= 11 is 10.7. The number of halogens is 3. The molecule has 6 bridgehead atoms. The van der Waals surface area contributed by atoms with Crippen LogP contribution in [0.5, 0.6) is 0 Å². The largest absolute Gasteiger partial charge is 0.464 e. The van der Waals surface area contributed by atoms with E-state index in [4.69, 9.17) is 28.4 Å². The average Bonchev–Trinajstić information content (AvgIpc) is 1.64. The molecule has 9 aliphatic rings. The summed E-state index contributed by atoms with van der Waals surface area (Å²) in [5.41, 5.74) is 11.2. The summed E-state index contributed by atoms with van der Waals surface area (Å²) in [6.45, 7) is 0. The molecule has 12 heterocycles. The number of imidazole rings is 3. The van der Waals surface area contributed by atoms with Crippen molar-refractivity contribution in [1.29, 1.82) is 0 Å². The maximum atomic E-state index is 12.8. The minimum Gasteiger partial charge on any atom is -0.464 e. The van der Waals surface area contributed by atoms with Crippen molar-refractivity contribution in [2.24, 2.45) is 21.1 Å². The van der Waals surface area contributed by atoms with Gasteiger partial charge in [-0.15, -0.1) is 0 Å². The van der Waals surface area contributed by atoms with Crippen LogP contribution in [0.25, 0.3) is 34.2 Å². The zero-order valence-electron chi connectivity index (χ0n) is 48.3. The summed E-state index contributed by atoms with van der Waals surface area (Å²) in [6.07, 6.45) is 10.2.